The SMILES string of the molecule is C=C(CC)C[C@H](CC)c1c(C)c(-c2c(C)cc(C)cc2C)cc(C(F)(F)P)c1C.C=O.CC.CC.CCC(C)C(C)=O. The smallest absolute Gasteiger partial charge is 0.284 e. The second-order valence-corrected chi connectivity index (χ2v) is 11.1. The van der Waals surface area contributed by atoms with E-state index in [2.05, 4.69) is 60.3 Å². The Morgan fingerprint density at radius 1 is 0.881 bits per heavy atom. The van der Waals surface area contributed by atoms with Gasteiger partial charge in [-0.1, -0.05) is 94.5 Å². The summed E-state index contributed by atoms with van der Waals surface area (Å²) in [5, 5.41) is 0. The van der Waals surface area contributed by atoms with Gasteiger partial charge in [-0.15, -0.1) is 0 Å². The fourth-order valence-corrected chi connectivity index (χ4v) is 5.29. The lowest BCUT2D eigenvalue weighted by molar-refractivity contribution is -0.120. The zero-order chi connectivity index (χ0) is 34.0. The van der Waals surface area contributed by atoms with Gasteiger partial charge < -0.3 is 4.79 Å². The Balaban J connectivity index is -0.000000996. The van der Waals surface area contributed by atoms with Gasteiger partial charge in [0.05, 0.1) is 0 Å². The van der Waals surface area contributed by atoms with Crippen LogP contribution in [0.3, 0.4) is 0 Å². The molecule has 3 atom stereocenters. The van der Waals surface area contributed by atoms with Gasteiger partial charge in [-0.05, 0) is 118 Å². The molecule has 42 heavy (non-hydrogen) atoms. The highest BCUT2D eigenvalue weighted by atomic mass is 31.0. The lowest BCUT2D eigenvalue weighted by Gasteiger charge is -2.28. The molecule has 0 bridgehead atoms. The number of hydrogen-bond acceptors (Lipinski definition) is 2. The van der Waals surface area contributed by atoms with Crippen LogP contribution in [0.4, 0.5) is 8.78 Å². The van der Waals surface area contributed by atoms with E-state index < -0.39 is 5.66 Å². The minimum atomic E-state index is -2.96. The van der Waals surface area contributed by atoms with Crippen molar-refractivity contribution < 1.29 is 18.4 Å². The molecule has 0 aliphatic heterocycles. The largest absolute Gasteiger partial charge is 0.307 e. The van der Waals surface area contributed by atoms with E-state index in [0.29, 0.717) is 11.3 Å². The summed E-state index contributed by atoms with van der Waals surface area (Å²) in [5.74, 6) is 0.752. The predicted octanol–water partition coefficient (Wildman–Crippen LogP) is 12.2. The zero-order valence-electron chi connectivity index (χ0n) is 29.3. The molecule has 0 saturated carbocycles. The summed E-state index contributed by atoms with van der Waals surface area (Å²) in [7, 11) is 1.73. The van der Waals surface area contributed by atoms with Crippen LogP contribution in [0.2, 0.25) is 0 Å². The first-order valence-corrected chi connectivity index (χ1v) is 16.0. The Morgan fingerprint density at radius 3 is 1.64 bits per heavy atom. The number of hydrogen-bond donors (Lipinski definition) is 0. The van der Waals surface area contributed by atoms with Crippen molar-refractivity contribution in [3.63, 3.8) is 0 Å². The highest BCUT2D eigenvalue weighted by Crippen LogP contribution is 2.46. The van der Waals surface area contributed by atoms with Crippen molar-refractivity contribution in [3.8, 4) is 11.1 Å². The Morgan fingerprint density at radius 2 is 1.33 bits per heavy atom. The summed E-state index contributed by atoms with van der Waals surface area (Å²) in [5.41, 5.74) is 6.67. The molecular formula is C37H61F2O2P. The first-order valence-electron chi connectivity index (χ1n) is 15.5. The lowest BCUT2D eigenvalue weighted by Crippen LogP contribution is -2.13. The maximum atomic E-state index is 14.6. The van der Waals surface area contributed by atoms with E-state index in [4.69, 9.17) is 4.79 Å². The predicted molar refractivity (Wildman–Crippen MR) is 186 cm³/mol. The number of carbonyl (C=O) groups excluding carboxylic acids is 2. The van der Waals surface area contributed by atoms with E-state index in [9.17, 15) is 13.6 Å². The quantitative estimate of drug-likeness (QED) is 0.210. The van der Waals surface area contributed by atoms with E-state index in [1.54, 1.807) is 22.2 Å². The standard InChI is InChI=1S/C26H35F2P.C6H12O.2C2H6.CH2O/c1-9-15(3)13-21(10-2)25-19(7)22(14-23(20(25)8)26(27,28)29)24-17(5)11-16(4)12-18(24)6;1-4-5(2)6(3)7;3*1-2/h11-12,14,21H,3,9-10,13,29H2,1-2,4-8H3;5H,4H2,1-3H3;2*1-2H3;1H2/t21-;;;;/m0..../s1. The Labute approximate surface area is 260 Å². The normalized spacial score (nSPS) is 11.5. The van der Waals surface area contributed by atoms with Crippen LogP contribution in [0, 0.1) is 40.5 Å². The maximum absolute atomic E-state index is 14.6. The monoisotopic (exact) mass is 606 g/mol. The summed E-state index contributed by atoms with van der Waals surface area (Å²) < 4.78 is 29.3. The number of allylic oxidation sites excluding steroid dienone is 1. The van der Waals surface area contributed by atoms with Crippen LogP contribution in [0.5, 0.6) is 0 Å². The van der Waals surface area contributed by atoms with Crippen LogP contribution < -0.4 is 0 Å². The van der Waals surface area contributed by atoms with Crippen molar-refractivity contribution >= 4 is 21.8 Å². The Hall–Kier alpha value is -2.19. The van der Waals surface area contributed by atoms with E-state index >= 15 is 0 Å². The van der Waals surface area contributed by atoms with Crippen LogP contribution in [0.15, 0.2) is 30.4 Å². The molecule has 0 heterocycles. The molecule has 2 nitrogen and oxygen atoms in total. The third-order valence-electron chi connectivity index (χ3n) is 7.45. The van der Waals surface area contributed by atoms with Crippen LogP contribution in [0.25, 0.3) is 11.1 Å². The van der Waals surface area contributed by atoms with E-state index in [-0.39, 0.29) is 17.4 Å². The summed E-state index contributed by atoms with van der Waals surface area (Å²) in [6.07, 6.45) is 3.62. The summed E-state index contributed by atoms with van der Waals surface area (Å²) in [6.45, 7) is 34.2. The number of benzene rings is 2. The molecule has 0 aliphatic rings. The van der Waals surface area contributed by atoms with Crippen LogP contribution in [0.1, 0.15) is 133 Å². The van der Waals surface area contributed by atoms with Gasteiger partial charge in [0.2, 0.25) is 0 Å². The number of alkyl halides is 2. The first kappa shape index (κ1) is 44.3. The number of aryl methyl sites for hydroxylation is 3. The third-order valence-corrected chi connectivity index (χ3v) is 7.76. The highest BCUT2D eigenvalue weighted by Gasteiger charge is 2.31. The van der Waals surface area contributed by atoms with Crippen LogP contribution in [-0.2, 0) is 15.3 Å². The lowest BCUT2D eigenvalue weighted by atomic mass is 9.78. The van der Waals surface area contributed by atoms with E-state index in [1.165, 1.54) is 11.1 Å². The average molecular weight is 607 g/mol. The Kier molecular flexibility index (Phi) is 23.6. The first-order chi connectivity index (χ1) is 19.6. The van der Waals surface area contributed by atoms with Gasteiger partial charge in [0.15, 0.2) is 0 Å². The second kappa shape index (κ2) is 22.4. The molecule has 2 unspecified atom stereocenters. The van der Waals surface area contributed by atoms with Crippen molar-refractivity contribution in [3.05, 3.63) is 69.3 Å². The summed E-state index contributed by atoms with van der Waals surface area (Å²) in [4.78, 5) is 18.4. The molecule has 0 fully saturated rings. The molecule has 0 saturated heterocycles. The molecule has 2 rings (SSSR count). The second-order valence-electron chi connectivity index (χ2n) is 10.4. The highest BCUT2D eigenvalue weighted by molar-refractivity contribution is 7.17. The van der Waals surface area contributed by atoms with Gasteiger partial charge in [-0.2, -0.15) is 8.78 Å². The molecule has 0 amide bonds. The number of halogens is 2. The van der Waals surface area contributed by atoms with Gasteiger partial charge in [-0.25, -0.2) is 0 Å². The van der Waals surface area contributed by atoms with E-state index in [0.717, 1.165) is 59.1 Å². The topological polar surface area (TPSA) is 34.1 Å². The van der Waals surface area contributed by atoms with Crippen molar-refractivity contribution in [1.82, 2.24) is 0 Å². The zero-order valence-corrected chi connectivity index (χ0v) is 30.4. The van der Waals surface area contributed by atoms with Gasteiger partial charge in [0.25, 0.3) is 5.66 Å². The van der Waals surface area contributed by atoms with Crippen molar-refractivity contribution in [2.75, 3.05) is 0 Å². The van der Waals surface area contributed by atoms with Crippen molar-refractivity contribution in [2.45, 2.75) is 134 Å². The van der Waals surface area contributed by atoms with Gasteiger partial charge in [0, 0.05) is 11.5 Å². The number of carbonyl (C=O) groups is 2. The molecule has 0 aliphatic carbocycles. The molecule has 240 valence electrons. The number of rotatable bonds is 9. The minimum Gasteiger partial charge on any atom is -0.307 e. The third kappa shape index (κ3) is 13.4. The molecule has 0 spiro atoms. The van der Waals surface area contributed by atoms with Crippen molar-refractivity contribution in [1.29, 1.82) is 0 Å². The number of Topliss-reactive ketones (excluding diaryl/α,β-unsaturated/α-hetero) is 1. The van der Waals surface area contributed by atoms with Crippen molar-refractivity contribution in [2.24, 2.45) is 5.92 Å². The molecule has 0 N–H and O–H groups in total. The van der Waals surface area contributed by atoms with Crippen LogP contribution in [-0.4, -0.2) is 12.6 Å². The molecule has 0 aromatic heterocycles. The fourth-order valence-electron chi connectivity index (χ4n) is 4.99. The molecule has 5 heteroatoms. The summed E-state index contributed by atoms with van der Waals surface area (Å²) >= 11 is 0. The van der Waals surface area contributed by atoms with Gasteiger partial charge >= 0.3 is 0 Å². The average Bonchev–Trinajstić information content (AvgIpc) is 2.95. The van der Waals surface area contributed by atoms with E-state index in [1.807, 2.05) is 55.3 Å². The molecule has 2 aromatic carbocycles. The summed E-state index contributed by atoms with van der Waals surface area (Å²) in [6, 6.07) is 5.99. The molecule has 0 radical (unpaired) electrons. The molecule has 2 aromatic rings. The van der Waals surface area contributed by atoms with Gasteiger partial charge in [0.1, 0.15) is 12.6 Å². The molecular weight excluding hydrogens is 545 g/mol. The maximum Gasteiger partial charge on any atom is 0.284 e. The Bertz CT molecular complexity index is 1080. The number of ketones is 1. The fraction of sp³-hybridized carbons (Fsp3) is 0.568. The van der Waals surface area contributed by atoms with Crippen LogP contribution >= 0.6 is 9.24 Å². The van der Waals surface area contributed by atoms with Gasteiger partial charge in [-0.3, -0.25) is 4.79 Å². The minimum absolute atomic E-state index is 0.109.